The van der Waals surface area contributed by atoms with Crippen molar-refractivity contribution in [2.45, 2.75) is 63.5 Å². The molecule has 2 amide bonds. The van der Waals surface area contributed by atoms with Crippen LogP contribution >= 0.6 is 0 Å². The van der Waals surface area contributed by atoms with Crippen LogP contribution < -0.4 is 0 Å². The first-order chi connectivity index (χ1) is 15.2. The van der Waals surface area contributed by atoms with Gasteiger partial charge in [-0.15, -0.1) is 0 Å². The van der Waals surface area contributed by atoms with Crippen LogP contribution in [0.15, 0.2) is 54.9 Å². The van der Waals surface area contributed by atoms with Crippen molar-refractivity contribution >= 4 is 11.8 Å². The summed E-state index contributed by atoms with van der Waals surface area (Å²) in [5.41, 5.74) is 2.09. The number of benzene rings is 1. The van der Waals surface area contributed by atoms with Crippen molar-refractivity contribution < 1.29 is 9.59 Å². The lowest BCUT2D eigenvalue weighted by atomic mass is 9.59. The Hall–Kier alpha value is -2.69. The Morgan fingerprint density at radius 2 is 1.65 bits per heavy atom. The number of carbonyl (C=O) groups is 2. The van der Waals surface area contributed by atoms with E-state index in [1.54, 1.807) is 12.4 Å². The normalized spacial score (nSPS) is 23.6. The zero-order valence-electron chi connectivity index (χ0n) is 18.1. The predicted octanol–water partition coefficient (Wildman–Crippen LogP) is 4.15. The lowest BCUT2D eigenvalue weighted by Crippen LogP contribution is -2.67. The quantitative estimate of drug-likeness (QED) is 0.703. The van der Waals surface area contributed by atoms with E-state index < -0.39 is 0 Å². The second-order valence-electron chi connectivity index (χ2n) is 9.39. The third-order valence-electron chi connectivity index (χ3n) is 7.64. The highest BCUT2D eigenvalue weighted by Crippen LogP contribution is 2.59. The van der Waals surface area contributed by atoms with Gasteiger partial charge in [-0.2, -0.15) is 0 Å². The van der Waals surface area contributed by atoms with E-state index in [0.717, 1.165) is 57.2 Å². The van der Waals surface area contributed by atoms with Gasteiger partial charge in [0.1, 0.15) is 0 Å². The van der Waals surface area contributed by atoms with Crippen LogP contribution in [0.5, 0.6) is 0 Å². The number of amides is 2. The van der Waals surface area contributed by atoms with Crippen LogP contribution in [0, 0.1) is 5.41 Å². The van der Waals surface area contributed by atoms with E-state index in [1.807, 2.05) is 17.0 Å². The minimum absolute atomic E-state index is 0.169. The molecule has 5 rings (SSSR count). The molecule has 3 heterocycles. The fourth-order valence-corrected chi connectivity index (χ4v) is 6.03. The Morgan fingerprint density at radius 1 is 0.968 bits per heavy atom. The van der Waals surface area contributed by atoms with E-state index in [0.29, 0.717) is 12.3 Å². The molecule has 3 fully saturated rings. The lowest BCUT2D eigenvalue weighted by Gasteiger charge is -2.61. The summed E-state index contributed by atoms with van der Waals surface area (Å²) in [4.78, 5) is 34.4. The molecule has 31 heavy (non-hydrogen) atoms. The number of hydrogen-bond donors (Lipinski definition) is 0. The maximum absolute atomic E-state index is 13.5. The van der Waals surface area contributed by atoms with Crippen LogP contribution in [0.3, 0.4) is 0 Å². The number of carbonyl (C=O) groups excluding carboxylic acids is 2. The van der Waals surface area contributed by atoms with E-state index in [-0.39, 0.29) is 23.4 Å². The van der Waals surface area contributed by atoms with E-state index in [4.69, 9.17) is 0 Å². The van der Waals surface area contributed by atoms with Crippen LogP contribution in [0.2, 0.25) is 0 Å². The third-order valence-corrected chi connectivity index (χ3v) is 7.64. The molecule has 0 N–H and O–H groups in total. The maximum Gasteiger partial charge on any atom is 0.232 e. The molecule has 1 unspecified atom stereocenters. The Kier molecular flexibility index (Phi) is 5.51. The molecule has 3 aliphatic rings. The van der Waals surface area contributed by atoms with Gasteiger partial charge >= 0.3 is 0 Å². The zero-order chi connectivity index (χ0) is 21.3. The molecule has 2 saturated heterocycles. The molecule has 0 radical (unpaired) electrons. The third kappa shape index (κ3) is 3.64. The first-order valence-corrected chi connectivity index (χ1v) is 11.7. The number of pyridine rings is 1. The van der Waals surface area contributed by atoms with Crippen molar-refractivity contribution in [3.8, 4) is 0 Å². The zero-order valence-corrected chi connectivity index (χ0v) is 18.1. The number of piperidine rings is 1. The molecule has 2 aliphatic heterocycles. The largest absolute Gasteiger partial charge is 0.342 e. The van der Waals surface area contributed by atoms with E-state index in [1.165, 1.54) is 12.0 Å². The molecule has 5 heteroatoms. The summed E-state index contributed by atoms with van der Waals surface area (Å²) in [6.07, 6.45) is 11.2. The summed E-state index contributed by atoms with van der Waals surface area (Å²) in [6.45, 7) is 1.46. The standard InChI is InChI=1S/C26H31N3O2/c30-23(19-20-9-15-27-16-10-20)28-17-11-22(12-18-28)29-24(21-7-3-1-4-8-21)26(25(29)31)13-5-2-6-14-26/h1,3-4,7-10,15-16,22,24H,2,5-6,11-14,17-19H2. The summed E-state index contributed by atoms with van der Waals surface area (Å²) in [6, 6.07) is 14.8. The van der Waals surface area contributed by atoms with E-state index >= 15 is 0 Å². The minimum atomic E-state index is -0.187. The molecule has 2 aromatic rings. The first kappa shape index (κ1) is 20.2. The number of likely N-dealkylation sites (tertiary alicyclic amines) is 2. The Balaban J connectivity index is 1.28. The molecule has 1 aromatic carbocycles. The second-order valence-corrected chi connectivity index (χ2v) is 9.39. The number of aromatic nitrogens is 1. The summed E-state index contributed by atoms with van der Waals surface area (Å²) in [5.74, 6) is 0.533. The van der Waals surface area contributed by atoms with Gasteiger partial charge in [0, 0.05) is 31.5 Å². The summed E-state index contributed by atoms with van der Waals surface area (Å²) < 4.78 is 0. The molecule has 162 valence electrons. The SMILES string of the molecule is O=C(Cc1ccncc1)N1CCC(N2C(=O)C3(CCCCC3)C2c2ccccc2)CC1. The average Bonchev–Trinajstić information content (AvgIpc) is 2.84. The van der Waals surface area contributed by atoms with Gasteiger partial charge in [-0.3, -0.25) is 14.6 Å². The molecular weight excluding hydrogens is 386 g/mol. The Morgan fingerprint density at radius 3 is 2.32 bits per heavy atom. The molecule has 1 atom stereocenters. The molecule has 1 spiro atoms. The van der Waals surface area contributed by atoms with Crippen LogP contribution in [0.1, 0.15) is 62.1 Å². The number of nitrogens with zero attached hydrogens (tertiary/aromatic N) is 3. The summed E-state index contributed by atoms with van der Waals surface area (Å²) in [5, 5.41) is 0. The number of rotatable bonds is 4. The lowest BCUT2D eigenvalue weighted by molar-refractivity contribution is -0.186. The number of β-lactam (4-membered cyclic amide) rings is 1. The van der Waals surface area contributed by atoms with Gasteiger partial charge in [-0.25, -0.2) is 0 Å². The first-order valence-electron chi connectivity index (χ1n) is 11.7. The monoisotopic (exact) mass is 417 g/mol. The van der Waals surface area contributed by atoms with Gasteiger partial charge in [-0.05, 0) is 48.9 Å². The Bertz CT molecular complexity index is 916. The average molecular weight is 418 g/mol. The van der Waals surface area contributed by atoms with Crippen LogP contribution in [0.25, 0.3) is 0 Å². The van der Waals surface area contributed by atoms with E-state index in [9.17, 15) is 9.59 Å². The van der Waals surface area contributed by atoms with Gasteiger partial charge in [0.2, 0.25) is 11.8 Å². The fourth-order valence-electron chi connectivity index (χ4n) is 6.03. The molecule has 1 saturated carbocycles. The van der Waals surface area contributed by atoms with Crippen LogP contribution in [-0.2, 0) is 16.0 Å². The highest BCUT2D eigenvalue weighted by atomic mass is 16.2. The maximum atomic E-state index is 13.5. The topological polar surface area (TPSA) is 53.5 Å². The Labute approximate surface area is 184 Å². The smallest absolute Gasteiger partial charge is 0.232 e. The number of hydrogen-bond acceptors (Lipinski definition) is 3. The van der Waals surface area contributed by atoms with Crippen molar-refractivity contribution in [1.82, 2.24) is 14.8 Å². The van der Waals surface area contributed by atoms with Gasteiger partial charge in [0.05, 0.1) is 17.9 Å². The highest BCUT2D eigenvalue weighted by Gasteiger charge is 2.62. The van der Waals surface area contributed by atoms with Crippen molar-refractivity contribution in [3.63, 3.8) is 0 Å². The van der Waals surface area contributed by atoms with Crippen LogP contribution in [0.4, 0.5) is 0 Å². The molecule has 5 nitrogen and oxygen atoms in total. The van der Waals surface area contributed by atoms with Gasteiger partial charge in [-0.1, -0.05) is 49.6 Å². The van der Waals surface area contributed by atoms with Gasteiger partial charge in [0.25, 0.3) is 0 Å². The summed E-state index contributed by atoms with van der Waals surface area (Å²) in [7, 11) is 0. The summed E-state index contributed by atoms with van der Waals surface area (Å²) >= 11 is 0. The molecule has 1 aromatic heterocycles. The molecule has 0 bridgehead atoms. The fraction of sp³-hybridized carbons (Fsp3) is 0.500. The molecule has 1 aliphatic carbocycles. The van der Waals surface area contributed by atoms with Crippen molar-refractivity contribution in [3.05, 3.63) is 66.0 Å². The highest BCUT2D eigenvalue weighted by molar-refractivity contribution is 5.91. The van der Waals surface area contributed by atoms with E-state index in [2.05, 4.69) is 40.2 Å². The van der Waals surface area contributed by atoms with Crippen LogP contribution in [-0.4, -0.2) is 45.7 Å². The van der Waals surface area contributed by atoms with Crippen molar-refractivity contribution in [2.24, 2.45) is 5.41 Å². The van der Waals surface area contributed by atoms with Gasteiger partial charge < -0.3 is 9.80 Å². The minimum Gasteiger partial charge on any atom is -0.342 e. The van der Waals surface area contributed by atoms with Gasteiger partial charge in [0.15, 0.2) is 0 Å². The van der Waals surface area contributed by atoms with Crippen molar-refractivity contribution in [1.29, 1.82) is 0 Å². The second kappa shape index (κ2) is 8.45. The predicted molar refractivity (Wildman–Crippen MR) is 119 cm³/mol. The van der Waals surface area contributed by atoms with Crippen molar-refractivity contribution in [2.75, 3.05) is 13.1 Å². The molecular formula is C26H31N3O2.